The lowest BCUT2D eigenvalue weighted by atomic mass is 10.2. The molecule has 1 aromatic carbocycles. The molecule has 1 aliphatic heterocycles. The number of anilines is 2. The molecule has 2 heterocycles. The van der Waals surface area contributed by atoms with Gasteiger partial charge in [-0.1, -0.05) is 11.6 Å². The molecule has 1 N–H and O–H groups in total. The predicted molar refractivity (Wildman–Crippen MR) is 81.2 cm³/mol. The number of nitrogens with one attached hydrogen (secondary N) is 1. The number of hydrogen-bond acceptors (Lipinski definition) is 5. The van der Waals surface area contributed by atoms with Gasteiger partial charge >= 0.3 is 0 Å². The minimum Gasteiger partial charge on any atom is -0.357 e. The van der Waals surface area contributed by atoms with E-state index in [1.807, 2.05) is 0 Å². The molecule has 5 nitrogen and oxygen atoms in total. The van der Waals surface area contributed by atoms with Crippen LogP contribution in [0.3, 0.4) is 0 Å². The van der Waals surface area contributed by atoms with Crippen LogP contribution in [-0.4, -0.2) is 35.1 Å². The Bertz CT molecular complexity index is 658. The van der Waals surface area contributed by atoms with Gasteiger partial charge in [0, 0.05) is 25.7 Å². The van der Waals surface area contributed by atoms with Crippen molar-refractivity contribution < 1.29 is 4.39 Å². The summed E-state index contributed by atoms with van der Waals surface area (Å²) in [6.45, 7) is 1.84. The molecule has 0 unspecified atom stereocenters. The number of hydrogen-bond donors (Lipinski definition) is 1. The zero-order valence-electron chi connectivity index (χ0n) is 11.6. The van der Waals surface area contributed by atoms with Gasteiger partial charge in [-0.25, -0.2) is 4.39 Å². The van der Waals surface area contributed by atoms with Crippen LogP contribution in [0.15, 0.2) is 18.2 Å². The quantitative estimate of drug-likeness (QED) is 0.945. The molecule has 2 aromatic rings. The predicted octanol–water partition coefficient (Wildman–Crippen LogP) is 2.97. The fraction of sp³-hybridized carbons (Fsp3) is 0.357. The van der Waals surface area contributed by atoms with Gasteiger partial charge in [0.1, 0.15) is 5.82 Å². The minimum absolute atomic E-state index is 0.372. The van der Waals surface area contributed by atoms with E-state index in [0.29, 0.717) is 28.3 Å². The Labute approximate surface area is 127 Å². The summed E-state index contributed by atoms with van der Waals surface area (Å²) in [4.78, 5) is 15.2. The molecule has 0 spiro atoms. The maximum atomic E-state index is 13.5. The molecule has 1 saturated heterocycles. The van der Waals surface area contributed by atoms with Crippen LogP contribution < -0.4 is 10.2 Å². The second kappa shape index (κ2) is 5.81. The van der Waals surface area contributed by atoms with Gasteiger partial charge < -0.3 is 10.2 Å². The maximum Gasteiger partial charge on any atom is 0.230 e. The first-order valence-electron chi connectivity index (χ1n) is 6.81. The van der Waals surface area contributed by atoms with Crippen LogP contribution in [0.1, 0.15) is 12.8 Å². The Morgan fingerprint density at radius 2 is 1.95 bits per heavy atom. The number of rotatable bonds is 3. The van der Waals surface area contributed by atoms with Crippen molar-refractivity contribution in [1.82, 2.24) is 15.0 Å². The second-order valence-corrected chi connectivity index (χ2v) is 5.26. The van der Waals surface area contributed by atoms with Crippen LogP contribution >= 0.6 is 11.6 Å². The highest BCUT2D eigenvalue weighted by Crippen LogP contribution is 2.28. The molecule has 0 radical (unpaired) electrons. The molecular weight excluding hydrogens is 293 g/mol. The van der Waals surface area contributed by atoms with Crippen molar-refractivity contribution in [1.29, 1.82) is 0 Å². The van der Waals surface area contributed by atoms with Crippen LogP contribution in [0.25, 0.3) is 11.4 Å². The molecule has 1 aliphatic rings. The summed E-state index contributed by atoms with van der Waals surface area (Å²) in [5.74, 6) is 1.05. The monoisotopic (exact) mass is 307 g/mol. The third kappa shape index (κ3) is 2.90. The zero-order chi connectivity index (χ0) is 14.8. The van der Waals surface area contributed by atoms with Crippen molar-refractivity contribution in [2.45, 2.75) is 12.8 Å². The lowest BCUT2D eigenvalue weighted by Crippen LogP contribution is -2.21. The SMILES string of the molecule is CNc1nc(-c2cc(F)ccc2Cl)nc(N2CCCC2)n1. The summed E-state index contributed by atoms with van der Waals surface area (Å²) in [6.07, 6.45) is 2.24. The van der Waals surface area contributed by atoms with E-state index in [4.69, 9.17) is 11.6 Å². The third-order valence-electron chi connectivity index (χ3n) is 3.41. The van der Waals surface area contributed by atoms with Gasteiger partial charge in [-0.15, -0.1) is 0 Å². The molecule has 1 aromatic heterocycles. The summed E-state index contributed by atoms with van der Waals surface area (Å²) in [5.41, 5.74) is 0.469. The summed E-state index contributed by atoms with van der Waals surface area (Å²) in [7, 11) is 1.74. The Morgan fingerprint density at radius 1 is 1.19 bits per heavy atom. The average Bonchev–Trinajstić information content (AvgIpc) is 3.03. The van der Waals surface area contributed by atoms with Gasteiger partial charge in [-0.05, 0) is 31.0 Å². The fourth-order valence-corrected chi connectivity index (χ4v) is 2.53. The highest BCUT2D eigenvalue weighted by molar-refractivity contribution is 6.33. The van der Waals surface area contributed by atoms with Crippen molar-refractivity contribution in [2.24, 2.45) is 0 Å². The van der Waals surface area contributed by atoms with E-state index in [2.05, 4.69) is 25.2 Å². The van der Waals surface area contributed by atoms with Crippen LogP contribution in [0.5, 0.6) is 0 Å². The van der Waals surface area contributed by atoms with Crippen LogP contribution in [0, 0.1) is 5.82 Å². The fourth-order valence-electron chi connectivity index (χ4n) is 2.32. The first-order chi connectivity index (χ1) is 10.2. The first-order valence-corrected chi connectivity index (χ1v) is 7.19. The summed E-state index contributed by atoms with van der Waals surface area (Å²) in [6, 6.07) is 4.16. The van der Waals surface area contributed by atoms with Crippen LogP contribution in [0.2, 0.25) is 5.02 Å². The smallest absolute Gasteiger partial charge is 0.230 e. The summed E-state index contributed by atoms with van der Waals surface area (Å²) < 4.78 is 13.5. The molecule has 7 heteroatoms. The number of benzene rings is 1. The number of nitrogens with zero attached hydrogens (tertiary/aromatic N) is 4. The molecule has 0 saturated carbocycles. The van der Waals surface area contributed by atoms with Crippen molar-refractivity contribution >= 4 is 23.5 Å². The topological polar surface area (TPSA) is 53.9 Å². The van der Waals surface area contributed by atoms with Crippen molar-refractivity contribution in [3.05, 3.63) is 29.0 Å². The van der Waals surface area contributed by atoms with Gasteiger partial charge in [0.2, 0.25) is 11.9 Å². The van der Waals surface area contributed by atoms with E-state index in [1.165, 1.54) is 18.2 Å². The highest BCUT2D eigenvalue weighted by atomic mass is 35.5. The molecule has 0 aliphatic carbocycles. The van der Waals surface area contributed by atoms with E-state index in [1.54, 1.807) is 7.05 Å². The van der Waals surface area contributed by atoms with E-state index in [9.17, 15) is 4.39 Å². The standard InChI is InChI=1S/C14H15ClFN5/c1-17-13-18-12(10-8-9(16)4-5-11(10)15)19-14(20-13)21-6-2-3-7-21/h4-5,8H,2-3,6-7H2,1H3,(H,17,18,19,20). The lowest BCUT2D eigenvalue weighted by molar-refractivity contribution is 0.628. The average molecular weight is 308 g/mol. The van der Waals surface area contributed by atoms with Gasteiger partial charge in [0.05, 0.1) is 5.02 Å². The van der Waals surface area contributed by atoms with Crippen molar-refractivity contribution in [3.63, 3.8) is 0 Å². The van der Waals surface area contributed by atoms with E-state index in [0.717, 1.165) is 25.9 Å². The second-order valence-electron chi connectivity index (χ2n) is 4.85. The largest absolute Gasteiger partial charge is 0.357 e. The third-order valence-corrected chi connectivity index (χ3v) is 3.74. The molecule has 1 fully saturated rings. The Hall–Kier alpha value is -1.95. The molecule has 3 rings (SSSR count). The summed E-state index contributed by atoms with van der Waals surface area (Å²) in [5, 5.41) is 3.32. The Morgan fingerprint density at radius 3 is 2.67 bits per heavy atom. The molecule has 21 heavy (non-hydrogen) atoms. The minimum atomic E-state index is -0.372. The Kier molecular flexibility index (Phi) is 3.88. The van der Waals surface area contributed by atoms with Crippen molar-refractivity contribution in [3.8, 4) is 11.4 Å². The summed E-state index contributed by atoms with van der Waals surface area (Å²) >= 11 is 6.14. The molecule has 0 amide bonds. The van der Waals surface area contributed by atoms with Gasteiger partial charge in [0.25, 0.3) is 0 Å². The van der Waals surface area contributed by atoms with Gasteiger partial charge in [0.15, 0.2) is 5.82 Å². The van der Waals surface area contributed by atoms with E-state index < -0.39 is 0 Å². The first kappa shape index (κ1) is 14.0. The Balaban J connectivity index is 2.08. The molecule has 110 valence electrons. The number of aromatic nitrogens is 3. The molecule has 0 atom stereocenters. The highest BCUT2D eigenvalue weighted by Gasteiger charge is 2.18. The molecular formula is C14H15ClFN5. The number of halogens is 2. The normalized spacial score (nSPS) is 14.5. The molecule has 0 bridgehead atoms. The van der Waals surface area contributed by atoms with Crippen molar-refractivity contribution in [2.75, 3.05) is 30.4 Å². The zero-order valence-corrected chi connectivity index (χ0v) is 12.4. The van der Waals surface area contributed by atoms with E-state index >= 15 is 0 Å². The van der Waals surface area contributed by atoms with Gasteiger partial charge in [-0.3, -0.25) is 0 Å². The van der Waals surface area contributed by atoms with Gasteiger partial charge in [-0.2, -0.15) is 15.0 Å². The van der Waals surface area contributed by atoms with Crippen LogP contribution in [-0.2, 0) is 0 Å². The van der Waals surface area contributed by atoms with E-state index in [-0.39, 0.29) is 5.82 Å². The van der Waals surface area contributed by atoms with Crippen LogP contribution in [0.4, 0.5) is 16.3 Å². The maximum absolute atomic E-state index is 13.5. The lowest BCUT2D eigenvalue weighted by Gasteiger charge is -2.16.